The van der Waals surface area contributed by atoms with Crippen LogP contribution in [0.5, 0.6) is 0 Å². The minimum atomic E-state index is -0.718. The molecular formula is C20H24N2O5. The number of piperidine rings is 1. The van der Waals surface area contributed by atoms with Crippen LogP contribution in [-0.4, -0.2) is 53.6 Å². The highest BCUT2D eigenvalue weighted by Gasteiger charge is 2.59. The van der Waals surface area contributed by atoms with Crippen LogP contribution < -0.4 is 5.32 Å². The Labute approximate surface area is 157 Å². The molecule has 0 bridgehead atoms. The molecule has 27 heavy (non-hydrogen) atoms. The number of hydrogen-bond donors (Lipinski definition) is 2. The van der Waals surface area contributed by atoms with Crippen molar-refractivity contribution in [3.63, 3.8) is 0 Å². The molecular weight excluding hydrogens is 348 g/mol. The van der Waals surface area contributed by atoms with Crippen molar-refractivity contribution < 1.29 is 24.2 Å². The quantitative estimate of drug-likeness (QED) is 0.844. The van der Waals surface area contributed by atoms with Crippen LogP contribution in [0.1, 0.15) is 42.5 Å². The number of likely N-dealkylation sites (tertiary alicyclic amines) is 1. The SMILES string of the molecule is O=C(Nc1cccc(C(=O)N2CCC3(CC2)CC3C(=O)O)c1)C1CCCO1. The van der Waals surface area contributed by atoms with E-state index in [-0.39, 0.29) is 23.1 Å². The third-order valence-electron chi connectivity index (χ3n) is 6.13. The standard InChI is InChI=1S/C20H24N2O5/c23-17(16-5-2-10-27-16)21-14-4-1-3-13(11-14)18(24)22-8-6-20(7-9-22)12-15(20)19(25)26/h1,3-4,11,15-16H,2,5-10,12H2,(H,21,23)(H,25,26). The predicted molar refractivity (Wildman–Crippen MR) is 97.4 cm³/mol. The zero-order valence-corrected chi connectivity index (χ0v) is 15.1. The predicted octanol–water partition coefficient (Wildman–Crippen LogP) is 2.13. The zero-order valence-electron chi connectivity index (χ0n) is 15.1. The first-order chi connectivity index (χ1) is 13.0. The van der Waals surface area contributed by atoms with Crippen LogP contribution in [0.4, 0.5) is 5.69 Å². The van der Waals surface area contributed by atoms with Crippen LogP contribution in [0.25, 0.3) is 0 Å². The second-order valence-corrected chi connectivity index (χ2v) is 7.82. The monoisotopic (exact) mass is 372 g/mol. The molecule has 4 rings (SSSR count). The lowest BCUT2D eigenvalue weighted by atomic mass is 9.90. The molecule has 1 aromatic rings. The van der Waals surface area contributed by atoms with E-state index in [1.165, 1.54) is 0 Å². The summed E-state index contributed by atoms with van der Waals surface area (Å²) in [4.78, 5) is 37.9. The van der Waals surface area contributed by atoms with Gasteiger partial charge >= 0.3 is 5.97 Å². The van der Waals surface area contributed by atoms with Crippen molar-refractivity contribution in [3.05, 3.63) is 29.8 Å². The smallest absolute Gasteiger partial charge is 0.307 e. The molecule has 7 heteroatoms. The zero-order chi connectivity index (χ0) is 19.0. The number of carbonyl (C=O) groups excluding carboxylic acids is 2. The average molecular weight is 372 g/mol. The summed E-state index contributed by atoms with van der Waals surface area (Å²) >= 11 is 0. The third kappa shape index (κ3) is 3.56. The van der Waals surface area contributed by atoms with E-state index >= 15 is 0 Å². The van der Waals surface area contributed by atoms with Crippen molar-refractivity contribution in [1.82, 2.24) is 4.90 Å². The van der Waals surface area contributed by atoms with E-state index in [1.807, 2.05) is 0 Å². The molecule has 1 aromatic carbocycles. The fourth-order valence-electron chi connectivity index (χ4n) is 4.32. The molecule has 2 heterocycles. The van der Waals surface area contributed by atoms with Crippen LogP contribution in [0.15, 0.2) is 24.3 Å². The van der Waals surface area contributed by atoms with Gasteiger partial charge in [-0.1, -0.05) is 6.07 Å². The van der Waals surface area contributed by atoms with Crippen LogP contribution >= 0.6 is 0 Å². The van der Waals surface area contributed by atoms with Crippen molar-refractivity contribution in [2.75, 3.05) is 25.0 Å². The number of nitrogens with zero attached hydrogens (tertiary/aromatic N) is 1. The molecule has 1 spiro atoms. The minimum Gasteiger partial charge on any atom is -0.481 e. The fraction of sp³-hybridized carbons (Fsp3) is 0.550. The van der Waals surface area contributed by atoms with Crippen molar-refractivity contribution in [2.45, 2.75) is 38.2 Å². The molecule has 2 saturated heterocycles. The van der Waals surface area contributed by atoms with Gasteiger partial charge in [-0.2, -0.15) is 0 Å². The molecule has 2 N–H and O–H groups in total. The first-order valence-corrected chi connectivity index (χ1v) is 9.53. The first kappa shape index (κ1) is 18.0. The molecule has 3 fully saturated rings. The summed E-state index contributed by atoms with van der Waals surface area (Å²) in [6.45, 7) is 1.76. The highest BCUT2D eigenvalue weighted by Crippen LogP contribution is 2.59. The summed E-state index contributed by atoms with van der Waals surface area (Å²) in [7, 11) is 0. The number of carboxylic acids is 1. The fourth-order valence-corrected chi connectivity index (χ4v) is 4.32. The van der Waals surface area contributed by atoms with E-state index in [2.05, 4.69) is 5.32 Å². The largest absolute Gasteiger partial charge is 0.481 e. The van der Waals surface area contributed by atoms with Crippen LogP contribution in [0, 0.1) is 11.3 Å². The number of anilines is 1. The summed E-state index contributed by atoms with van der Waals surface area (Å²) < 4.78 is 5.38. The molecule has 2 amide bonds. The van der Waals surface area contributed by atoms with Crippen LogP contribution in [0.2, 0.25) is 0 Å². The molecule has 2 aliphatic heterocycles. The second-order valence-electron chi connectivity index (χ2n) is 7.82. The van der Waals surface area contributed by atoms with Crippen molar-refractivity contribution in [1.29, 1.82) is 0 Å². The number of ether oxygens (including phenoxy) is 1. The van der Waals surface area contributed by atoms with E-state index in [0.717, 1.165) is 32.1 Å². The summed E-state index contributed by atoms with van der Waals surface area (Å²) in [5.74, 6) is -1.22. The van der Waals surface area contributed by atoms with Crippen molar-refractivity contribution in [2.24, 2.45) is 11.3 Å². The third-order valence-corrected chi connectivity index (χ3v) is 6.13. The lowest BCUT2D eigenvalue weighted by Crippen LogP contribution is -2.40. The number of carboxylic acid groups (broad SMARTS) is 1. The van der Waals surface area contributed by atoms with Gasteiger partial charge in [-0.05, 0) is 55.7 Å². The Bertz CT molecular complexity index is 763. The molecule has 0 radical (unpaired) electrons. The summed E-state index contributed by atoms with van der Waals surface area (Å²) in [5, 5.41) is 12.0. The summed E-state index contributed by atoms with van der Waals surface area (Å²) in [5.41, 5.74) is 1.02. The highest BCUT2D eigenvalue weighted by atomic mass is 16.5. The summed E-state index contributed by atoms with van der Waals surface area (Å²) in [6, 6.07) is 6.95. The van der Waals surface area contributed by atoms with Gasteiger partial charge in [-0.3, -0.25) is 14.4 Å². The van der Waals surface area contributed by atoms with Crippen molar-refractivity contribution in [3.8, 4) is 0 Å². The number of amides is 2. The van der Waals surface area contributed by atoms with Gasteiger partial charge in [0.05, 0.1) is 5.92 Å². The maximum absolute atomic E-state index is 12.8. The molecule has 1 aliphatic carbocycles. The maximum Gasteiger partial charge on any atom is 0.307 e. The molecule has 1 saturated carbocycles. The van der Waals surface area contributed by atoms with Gasteiger partial charge in [-0.15, -0.1) is 0 Å². The summed E-state index contributed by atoms with van der Waals surface area (Å²) in [6.07, 6.45) is 3.40. The maximum atomic E-state index is 12.8. The second kappa shape index (κ2) is 6.96. The van der Waals surface area contributed by atoms with E-state index < -0.39 is 12.1 Å². The van der Waals surface area contributed by atoms with E-state index in [1.54, 1.807) is 29.2 Å². The number of rotatable bonds is 4. The lowest BCUT2D eigenvalue weighted by molar-refractivity contribution is -0.139. The molecule has 2 unspecified atom stereocenters. The van der Waals surface area contributed by atoms with Crippen LogP contribution in [0.3, 0.4) is 0 Å². The Balaban J connectivity index is 1.37. The van der Waals surface area contributed by atoms with E-state index in [4.69, 9.17) is 4.74 Å². The molecule has 2 atom stereocenters. The molecule has 7 nitrogen and oxygen atoms in total. The number of benzene rings is 1. The van der Waals surface area contributed by atoms with Gasteiger partial charge in [0.15, 0.2) is 0 Å². The van der Waals surface area contributed by atoms with Gasteiger partial charge in [0.1, 0.15) is 6.10 Å². The number of nitrogens with one attached hydrogen (secondary N) is 1. The van der Waals surface area contributed by atoms with Gasteiger partial charge in [0.25, 0.3) is 11.8 Å². The lowest BCUT2D eigenvalue weighted by Gasteiger charge is -2.32. The topological polar surface area (TPSA) is 95.9 Å². The Morgan fingerprint density at radius 1 is 1.22 bits per heavy atom. The first-order valence-electron chi connectivity index (χ1n) is 9.53. The van der Waals surface area contributed by atoms with Gasteiger partial charge in [0, 0.05) is 30.9 Å². The van der Waals surface area contributed by atoms with E-state index in [9.17, 15) is 19.5 Å². The number of hydrogen-bond acceptors (Lipinski definition) is 4. The van der Waals surface area contributed by atoms with Crippen LogP contribution in [-0.2, 0) is 14.3 Å². The average Bonchev–Trinajstić information content (AvgIpc) is 3.11. The number of carbonyl (C=O) groups is 3. The Kier molecular flexibility index (Phi) is 4.63. The van der Waals surface area contributed by atoms with Gasteiger partial charge in [-0.25, -0.2) is 0 Å². The molecule has 0 aromatic heterocycles. The minimum absolute atomic E-state index is 0.0782. The van der Waals surface area contributed by atoms with Crippen molar-refractivity contribution >= 4 is 23.5 Å². The number of aliphatic carboxylic acids is 1. The molecule has 3 aliphatic rings. The Morgan fingerprint density at radius 3 is 2.63 bits per heavy atom. The normalized spacial score (nSPS) is 26.0. The van der Waals surface area contributed by atoms with Gasteiger partial charge < -0.3 is 20.1 Å². The Hall–Kier alpha value is -2.41. The highest BCUT2D eigenvalue weighted by molar-refractivity contribution is 5.98. The Morgan fingerprint density at radius 2 is 2.00 bits per heavy atom. The molecule has 144 valence electrons. The van der Waals surface area contributed by atoms with E-state index in [0.29, 0.717) is 30.9 Å². The van der Waals surface area contributed by atoms with Gasteiger partial charge in [0.2, 0.25) is 0 Å².